The van der Waals surface area contributed by atoms with Crippen LogP contribution in [0, 0.1) is 32.1 Å². The maximum Gasteiger partial charge on any atom is 0.260 e. The van der Waals surface area contributed by atoms with E-state index < -0.39 is 0 Å². The molecule has 5 nitrogen and oxygen atoms in total. The Morgan fingerprint density at radius 2 is 2.11 bits per heavy atom. The van der Waals surface area contributed by atoms with E-state index in [9.17, 15) is 4.79 Å². The third-order valence-corrected chi connectivity index (χ3v) is 7.29. The number of amides is 1. The largest absolute Gasteiger partial charge is 0.298 e. The van der Waals surface area contributed by atoms with Crippen molar-refractivity contribution in [1.82, 2.24) is 9.97 Å². The molecule has 2 heterocycles. The Morgan fingerprint density at radius 3 is 2.86 bits per heavy atom. The van der Waals surface area contributed by atoms with Gasteiger partial charge in [-0.05, 0) is 44.5 Å². The van der Waals surface area contributed by atoms with Crippen molar-refractivity contribution in [2.24, 2.45) is 0 Å². The van der Waals surface area contributed by atoms with Crippen LogP contribution in [0.4, 0.5) is 5.13 Å². The Bertz CT molecular complexity index is 1060. The van der Waals surface area contributed by atoms with Crippen molar-refractivity contribution >= 4 is 45.9 Å². The molecule has 28 heavy (non-hydrogen) atoms. The van der Waals surface area contributed by atoms with Crippen LogP contribution in [0.2, 0.25) is 0 Å². The average molecular weight is 427 g/mol. The lowest BCUT2D eigenvalue weighted by Gasteiger charge is -2.09. The minimum Gasteiger partial charge on any atom is -0.298 e. The van der Waals surface area contributed by atoms with Crippen LogP contribution in [-0.4, -0.2) is 21.6 Å². The van der Waals surface area contributed by atoms with Gasteiger partial charge in [-0.3, -0.25) is 10.1 Å². The van der Waals surface area contributed by atoms with Gasteiger partial charge in [0.1, 0.15) is 5.03 Å². The van der Waals surface area contributed by atoms with Crippen molar-refractivity contribution in [2.45, 2.75) is 34.9 Å². The predicted molar refractivity (Wildman–Crippen MR) is 115 cm³/mol. The maximum atomic E-state index is 12.8. The van der Waals surface area contributed by atoms with Crippen LogP contribution >= 0.6 is 34.9 Å². The first kappa shape index (κ1) is 20.4. The van der Waals surface area contributed by atoms with Crippen molar-refractivity contribution in [3.63, 3.8) is 0 Å². The lowest BCUT2D eigenvalue weighted by Crippen LogP contribution is -2.13. The molecule has 0 aliphatic carbocycles. The highest BCUT2D eigenvalue weighted by Gasteiger charge is 2.17. The smallest absolute Gasteiger partial charge is 0.260 e. The molecule has 0 aliphatic rings. The normalized spacial score (nSPS) is 10.5. The van der Waals surface area contributed by atoms with Gasteiger partial charge in [-0.2, -0.15) is 5.26 Å². The molecule has 0 radical (unpaired) electrons. The number of carbonyl (C=O) groups excluding carboxylic acids is 1. The van der Waals surface area contributed by atoms with Gasteiger partial charge in [-0.25, -0.2) is 9.97 Å². The molecule has 0 saturated carbocycles. The number of aryl methyl sites for hydroxylation is 3. The molecule has 0 aliphatic heterocycles. The molecule has 8 heteroatoms. The third kappa shape index (κ3) is 4.93. The second-order valence-corrected chi connectivity index (χ2v) is 9.29. The molecular weight excluding hydrogens is 408 g/mol. The number of hydrogen-bond acceptors (Lipinski definition) is 7. The first-order chi connectivity index (χ1) is 13.5. The number of aromatic nitrogens is 2. The van der Waals surface area contributed by atoms with E-state index in [1.54, 1.807) is 18.3 Å². The highest BCUT2D eigenvalue weighted by Crippen LogP contribution is 2.34. The molecule has 0 spiro atoms. The van der Waals surface area contributed by atoms with E-state index in [0.29, 0.717) is 21.5 Å². The first-order valence-corrected chi connectivity index (χ1v) is 11.1. The molecule has 1 amide bonds. The number of thioether (sulfide) groups is 1. The molecule has 0 unspecified atom stereocenters. The van der Waals surface area contributed by atoms with Crippen LogP contribution in [0.1, 0.15) is 27.2 Å². The Kier molecular flexibility index (Phi) is 6.73. The summed E-state index contributed by atoms with van der Waals surface area (Å²) in [6, 6.07) is 11.8. The molecule has 1 N–H and O–H groups in total. The summed E-state index contributed by atoms with van der Waals surface area (Å²) in [7, 11) is 0. The molecular formula is C20H18N4OS3. The van der Waals surface area contributed by atoms with Crippen molar-refractivity contribution in [3.8, 4) is 6.07 Å². The predicted octanol–water partition coefficient (Wildman–Crippen LogP) is 5.48. The van der Waals surface area contributed by atoms with Gasteiger partial charge in [0.25, 0.3) is 5.91 Å². The number of benzene rings is 1. The number of thiazole rings is 1. The zero-order valence-corrected chi connectivity index (χ0v) is 18.1. The van der Waals surface area contributed by atoms with E-state index in [-0.39, 0.29) is 5.91 Å². The fourth-order valence-electron chi connectivity index (χ4n) is 2.50. The lowest BCUT2D eigenvalue weighted by molar-refractivity contribution is 0.102. The van der Waals surface area contributed by atoms with Gasteiger partial charge in [-0.1, -0.05) is 52.6 Å². The number of rotatable bonds is 6. The number of hydrogen-bond donors (Lipinski definition) is 1. The van der Waals surface area contributed by atoms with Crippen molar-refractivity contribution in [1.29, 1.82) is 5.26 Å². The molecule has 1 aromatic carbocycles. The average Bonchev–Trinajstić information content (AvgIpc) is 3.01. The first-order valence-electron chi connectivity index (χ1n) is 8.46. The van der Waals surface area contributed by atoms with Gasteiger partial charge in [0.05, 0.1) is 27.3 Å². The number of carbonyl (C=O) groups is 1. The van der Waals surface area contributed by atoms with Crippen LogP contribution in [0.3, 0.4) is 0 Å². The summed E-state index contributed by atoms with van der Waals surface area (Å²) in [5.74, 6) is 0.112. The van der Waals surface area contributed by atoms with E-state index in [1.165, 1.54) is 40.4 Å². The zero-order valence-electron chi connectivity index (χ0n) is 15.6. The number of nitrogens with one attached hydrogen (secondary N) is 1. The van der Waals surface area contributed by atoms with Crippen molar-refractivity contribution in [3.05, 3.63) is 58.9 Å². The van der Waals surface area contributed by atoms with E-state index in [0.717, 1.165) is 20.4 Å². The molecule has 0 bridgehead atoms. The zero-order chi connectivity index (χ0) is 20.1. The van der Waals surface area contributed by atoms with Crippen LogP contribution < -0.4 is 5.32 Å². The number of nitrogens with zero attached hydrogens (tertiary/aromatic N) is 3. The number of nitriles is 1. The van der Waals surface area contributed by atoms with E-state index in [2.05, 4.69) is 53.4 Å². The summed E-state index contributed by atoms with van der Waals surface area (Å²) < 4.78 is 0.938. The van der Waals surface area contributed by atoms with Crippen LogP contribution in [0.15, 0.2) is 50.7 Å². The summed E-state index contributed by atoms with van der Waals surface area (Å²) in [5, 5.41) is 12.8. The second-order valence-electron chi connectivity index (χ2n) is 6.02. The van der Waals surface area contributed by atoms with E-state index in [1.807, 2.05) is 6.92 Å². The fourth-order valence-corrected chi connectivity index (χ4v) is 5.24. The molecule has 142 valence electrons. The Morgan fingerprint density at radius 1 is 1.29 bits per heavy atom. The highest BCUT2D eigenvalue weighted by atomic mass is 32.2. The quantitative estimate of drug-likeness (QED) is 0.526. The second kappa shape index (κ2) is 9.24. The Labute approximate surface area is 176 Å². The molecule has 0 atom stereocenters. The summed E-state index contributed by atoms with van der Waals surface area (Å²) in [5.41, 5.74) is 3.67. The maximum absolute atomic E-state index is 12.8. The van der Waals surface area contributed by atoms with Gasteiger partial charge >= 0.3 is 0 Å². The monoisotopic (exact) mass is 426 g/mol. The van der Waals surface area contributed by atoms with E-state index >= 15 is 0 Å². The summed E-state index contributed by atoms with van der Waals surface area (Å²) in [4.78, 5) is 22.7. The van der Waals surface area contributed by atoms with Crippen LogP contribution in [-0.2, 0) is 0 Å². The van der Waals surface area contributed by atoms with Crippen molar-refractivity contribution in [2.75, 3.05) is 11.1 Å². The third-order valence-electron chi connectivity index (χ3n) is 3.80. The van der Waals surface area contributed by atoms with Crippen LogP contribution in [0.25, 0.3) is 0 Å². The summed E-state index contributed by atoms with van der Waals surface area (Å²) in [6.07, 6.45) is 1.69. The number of anilines is 1. The molecule has 0 saturated heterocycles. The lowest BCUT2D eigenvalue weighted by atomic mass is 10.2. The van der Waals surface area contributed by atoms with Crippen molar-refractivity contribution < 1.29 is 4.79 Å². The SMILES string of the molecule is Cc1ccc(Sc2ncccc2C(=O)Nc2nc(C)c(SCC#N)s2)c(C)c1. The standard InChI is InChI=1S/C20H18N4OS3/c1-12-6-7-16(13(2)11-12)27-18-15(5-4-9-22-18)17(25)24-20-23-14(3)19(28-20)26-10-8-21/h4-7,9,11H,10H2,1-3H3,(H,23,24,25). The Balaban J connectivity index is 1.80. The van der Waals surface area contributed by atoms with Crippen LogP contribution in [0.5, 0.6) is 0 Å². The fraction of sp³-hybridized carbons (Fsp3) is 0.200. The van der Waals surface area contributed by atoms with Gasteiger partial charge in [0.15, 0.2) is 5.13 Å². The molecule has 3 rings (SSSR count). The minimum atomic E-state index is -0.244. The summed E-state index contributed by atoms with van der Waals surface area (Å²) in [6.45, 7) is 5.98. The number of pyridine rings is 1. The Hall–Kier alpha value is -2.34. The van der Waals surface area contributed by atoms with E-state index in [4.69, 9.17) is 5.26 Å². The van der Waals surface area contributed by atoms with Gasteiger partial charge in [0.2, 0.25) is 0 Å². The molecule has 0 fully saturated rings. The molecule has 2 aromatic heterocycles. The highest BCUT2D eigenvalue weighted by molar-refractivity contribution is 8.01. The van der Waals surface area contributed by atoms with Gasteiger partial charge in [0, 0.05) is 11.1 Å². The topological polar surface area (TPSA) is 78.7 Å². The molecule has 3 aromatic rings. The summed E-state index contributed by atoms with van der Waals surface area (Å²) >= 11 is 4.28. The van der Waals surface area contributed by atoms with Gasteiger partial charge in [-0.15, -0.1) is 0 Å². The van der Waals surface area contributed by atoms with Gasteiger partial charge < -0.3 is 0 Å². The minimum absolute atomic E-state index is 0.244.